The summed E-state index contributed by atoms with van der Waals surface area (Å²) < 4.78 is 6.14. The van der Waals surface area contributed by atoms with E-state index in [2.05, 4.69) is 143 Å². The van der Waals surface area contributed by atoms with E-state index >= 15 is 0 Å². The third kappa shape index (κ3) is 4.91. The van der Waals surface area contributed by atoms with Gasteiger partial charge in [0.15, 0.2) is 5.58 Å². The molecule has 0 saturated carbocycles. The number of aromatic nitrogens is 1. The standard InChI is InChI=1S/C41H28N2O/c1-3-10-32(11-4-1)41-42-39-26-21-35(28-40(39)44-41)31-19-24-38(25-20-31)43(36-13-5-2-6-14-36)37-22-17-30(18-23-37)34-16-15-29-9-7-8-12-33(29)27-34/h1-28H. The van der Waals surface area contributed by atoms with Gasteiger partial charge in [-0.15, -0.1) is 0 Å². The van der Waals surface area contributed by atoms with E-state index < -0.39 is 0 Å². The molecular formula is C41H28N2O. The van der Waals surface area contributed by atoms with Gasteiger partial charge < -0.3 is 9.32 Å². The van der Waals surface area contributed by atoms with Crippen molar-refractivity contribution in [3.8, 4) is 33.7 Å². The SMILES string of the molecule is c1ccc(-c2nc3ccc(-c4ccc(N(c5ccccc5)c5ccc(-c6ccc7ccccc7c6)cc5)cc4)cc3o2)cc1. The van der Waals surface area contributed by atoms with Crippen LogP contribution in [0.15, 0.2) is 174 Å². The minimum absolute atomic E-state index is 0.637. The predicted octanol–water partition coefficient (Wildman–Crippen LogP) is 11.5. The number of hydrogen-bond acceptors (Lipinski definition) is 3. The Kier molecular flexibility index (Phi) is 6.47. The first kappa shape index (κ1) is 25.8. The Morgan fingerprint density at radius 3 is 1.59 bits per heavy atom. The lowest BCUT2D eigenvalue weighted by Crippen LogP contribution is -2.09. The van der Waals surface area contributed by atoms with Gasteiger partial charge in [0.25, 0.3) is 0 Å². The summed E-state index contributed by atoms with van der Waals surface area (Å²) in [5, 5.41) is 2.50. The number of benzene rings is 7. The lowest BCUT2D eigenvalue weighted by molar-refractivity contribution is 0.620. The Labute approximate surface area is 256 Å². The minimum Gasteiger partial charge on any atom is -0.436 e. The summed E-state index contributed by atoms with van der Waals surface area (Å²) in [5.74, 6) is 0.637. The highest BCUT2D eigenvalue weighted by atomic mass is 16.3. The Morgan fingerprint density at radius 2 is 0.909 bits per heavy atom. The van der Waals surface area contributed by atoms with Crippen molar-refractivity contribution in [3.05, 3.63) is 170 Å². The quantitative estimate of drug-likeness (QED) is 0.201. The fraction of sp³-hybridized carbons (Fsp3) is 0. The maximum absolute atomic E-state index is 6.14. The first-order valence-electron chi connectivity index (χ1n) is 14.8. The number of para-hydroxylation sites is 1. The number of nitrogens with zero attached hydrogens (tertiary/aromatic N) is 2. The van der Waals surface area contributed by atoms with Crippen molar-refractivity contribution in [3.63, 3.8) is 0 Å². The Balaban J connectivity index is 1.11. The average molecular weight is 565 g/mol. The normalized spacial score (nSPS) is 11.2. The molecule has 0 radical (unpaired) electrons. The van der Waals surface area contributed by atoms with Gasteiger partial charge in [0.1, 0.15) is 5.52 Å². The van der Waals surface area contributed by atoms with Crippen molar-refractivity contribution in [2.75, 3.05) is 4.90 Å². The van der Waals surface area contributed by atoms with Crippen LogP contribution in [0.1, 0.15) is 0 Å². The third-order valence-electron chi connectivity index (χ3n) is 8.09. The summed E-state index contributed by atoms with van der Waals surface area (Å²) in [6, 6.07) is 59.4. The highest BCUT2D eigenvalue weighted by Crippen LogP contribution is 2.37. The van der Waals surface area contributed by atoms with Gasteiger partial charge in [0.05, 0.1) is 0 Å². The van der Waals surface area contributed by atoms with Gasteiger partial charge in [-0.2, -0.15) is 0 Å². The smallest absolute Gasteiger partial charge is 0.227 e. The molecule has 0 amide bonds. The van der Waals surface area contributed by atoms with E-state index in [9.17, 15) is 0 Å². The lowest BCUT2D eigenvalue weighted by Gasteiger charge is -2.26. The molecule has 0 unspecified atom stereocenters. The van der Waals surface area contributed by atoms with Crippen molar-refractivity contribution >= 4 is 38.9 Å². The van der Waals surface area contributed by atoms with Crippen molar-refractivity contribution < 1.29 is 4.42 Å². The van der Waals surface area contributed by atoms with Crippen LogP contribution in [0.5, 0.6) is 0 Å². The molecule has 8 rings (SSSR count). The van der Waals surface area contributed by atoms with E-state index in [1.54, 1.807) is 0 Å². The van der Waals surface area contributed by atoms with Crippen LogP contribution in [-0.2, 0) is 0 Å². The van der Waals surface area contributed by atoms with Gasteiger partial charge in [-0.05, 0) is 99.8 Å². The summed E-state index contributed by atoms with van der Waals surface area (Å²) in [5.41, 5.74) is 10.5. The molecule has 44 heavy (non-hydrogen) atoms. The molecule has 0 fully saturated rings. The van der Waals surface area contributed by atoms with E-state index in [0.717, 1.165) is 44.9 Å². The van der Waals surface area contributed by atoms with Gasteiger partial charge in [0, 0.05) is 22.6 Å². The van der Waals surface area contributed by atoms with Gasteiger partial charge in [0.2, 0.25) is 5.89 Å². The van der Waals surface area contributed by atoms with Crippen LogP contribution in [0.25, 0.3) is 55.6 Å². The highest BCUT2D eigenvalue weighted by molar-refractivity contribution is 5.88. The predicted molar refractivity (Wildman–Crippen MR) is 183 cm³/mol. The molecule has 8 aromatic rings. The van der Waals surface area contributed by atoms with Crippen LogP contribution in [0.4, 0.5) is 17.1 Å². The van der Waals surface area contributed by atoms with Gasteiger partial charge >= 0.3 is 0 Å². The fourth-order valence-electron chi connectivity index (χ4n) is 5.81. The largest absolute Gasteiger partial charge is 0.436 e. The molecule has 0 aliphatic rings. The average Bonchev–Trinajstić information content (AvgIpc) is 3.54. The molecule has 0 aliphatic carbocycles. The zero-order valence-electron chi connectivity index (χ0n) is 24.0. The monoisotopic (exact) mass is 564 g/mol. The van der Waals surface area contributed by atoms with Crippen LogP contribution in [-0.4, -0.2) is 4.98 Å². The topological polar surface area (TPSA) is 29.3 Å². The van der Waals surface area contributed by atoms with Crippen molar-refractivity contribution in [1.29, 1.82) is 0 Å². The van der Waals surface area contributed by atoms with Crippen LogP contribution >= 0.6 is 0 Å². The molecule has 1 heterocycles. The van der Waals surface area contributed by atoms with Crippen LogP contribution in [0.2, 0.25) is 0 Å². The molecule has 208 valence electrons. The Morgan fingerprint density at radius 1 is 0.386 bits per heavy atom. The molecule has 0 N–H and O–H groups in total. The molecule has 7 aromatic carbocycles. The van der Waals surface area contributed by atoms with E-state index in [-0.39, 0.29) is 0 Å². The fourth-order valence-corrected chi connectivity index (χ4v) is 5.81. The second-order valence-electron chi connectivity index (χ2n) is 10.9. The van der Waals surface area contributed by atoms with Crippen molar-refractivity contribution in [2.45, 2.75) is 0 Å². The second-order valence-corrected chi connectivity index (χ2v) is 10.9. The number of oxazole rings is 1. The minimum atomic E-state index is 0.637. The third-order valence-corrected chi connectivity index (χ3v) is 8.09. The molecule has 0 saturated heterocycles. The first-order chi connectivity index (χ1) is 21.8. The van der Waals surface area contributed by atoms with E-state index in [1.165, 1.54) is 21.9 Å². The molecule has 0 spiro atoms. The zero-order valence-corrected chi connectivity index (χ0v) is 24.0. The molecule has 0 aliphatic heterocycles. The summed E-state index contributed by atoms with van der Waals surface area (Å²) in [4.78, 5) is 6.98. The van der Waals surface area contributed by atoms with E-state index in [0.29, 0.717) is 5.89 Å². The number of anilines is 3. The Bertz CT molecular complexity index is 2200. The van der Waals surface area contributed by atoms with Gasteiger partial charge in [-0.1, -0.05) is 103 Å². The lowest BCUT2D eigenvalue weighted by atomic mass is 10.0. The maximum Gasteiger partial charge on any atom is 0.227 e. The molecule has 3 nitrogen and oxygen atoms in total. The first-order valence-corrected chi connectivity index (χ1v) is 14.8. The second kappa shape index (κ2) is 11.0. The van der Waals surface area contributed by atoms with Gasteiger partial charge in [-0.25, -0.2) is 4.98 Å². The van der Waals surface area contributed by atoms with E-state index in [1.807, 2.05) is 36.4 Å². The number of rotatable bonds is 6. The summed E-state index contributed by atoms with van der Waals surface area (Å²) in [6.45, 7) is 0. The zero-order chi connectivity index (χ0) is 29.3. The summed E-state index contributed by atoms with van der Waals surface area (Å²) in [6.07, 6.45) is 0. The highest BCUT2D eigenvalue weighted by Gasteiger charge is 2.14. The van der Waals surface area contributed by atoms with Gasteiger partial charge in [-0.3, -0.25) is 0 Å². The molecule has 0 atom stereocenters. The van der Waals surface area contributed by atoms with Crippen LogP contribution in [0, 0.1) is 0 Å². The number of fused-ring (bicyclic) bond motifs is 2. The van der Waals surface area contributed by atoms with Crippen LogP contribution < -0.4 is 4.90 Å². The molecule has 0 bridgehead atoms. The van der Waals surface area contributed by atoms with E-state index in [4.69, 9.17) is 4.42 Å². The number of hydrogen-bond donors (Lipinski definition) is 0. The van der Waals surface area contributed by atoms with Crippen molar-refractivity contribution in [1.82, 2.24) is 4.98 Å². The van der Waals surface area contributed by atoms with Crippen molar-refractivity contribution in [2.24, 2.45) is 0 Å². The Hall–Kier alpha value is -5.93. The molecule has 1 aromatic heterocycles. The maximum atomic E-state index is 6.14. The summed E-state index contributed by atoms with van der Waals surface area (Å²) >= 11 is 0. The molecular weight excluding hydrogens is 536 g/mol. The molecule has 3 heteroatoms. The van der Waals surface area contributed by atoms with Crippen LogP contribution in [0.3, 0.4) is 0 Å². The summed E-state index contributed by atoms with van der Waals surface area (Å²) in [7, 11) is 0.